The van der Waals surface area contributed by atoms with E-state index in [2.05, 4.69) is 0 Å². The molecule has 244 valence electrons. The Balaban J connectivity index is 1.39. The van der Waals surface area contributed by atoms with Gasteiger partial charge in [0, 0.05) is 55.5 Å². The Bertz CT molecular complexity index is 1750. The second kappa shape index (κ2) is 13.0. The van der Waals surface area contributed by atoms with Gasteiger partial charge in [0.1, 0.15) is 6.10 Å². The Hall–Kier alpha value is -4.62. The molecule has 1 aliphatic rings. The number of halogens is 3. The van der Waals surface area contributed by atoms with Crippen LogP contribution in [0.15, 0.2) is 66.9 Å². The van der Waals surface area contributed by atoms with Gasteiger partial charge in [-0.2, -0.15) is 13.2 Å². The van der Waals surface area contributed by atoms with Crippen molar-refractivity contribution in [3.05, 3.63) is 99.2 Å². The van der Waals surface area contributed by atoms with E-state index in [1.165, 1.54) is 34.9 Å². The second-order valence-electron chi connectivity index (χ2n) is 11.6. The first-order valence-corrected chi connectivity index (χ1v) is 14.7. The lowest BCUT2D eigenvalue weighted by Crippen LogP contribution is -2.53. The van der Waals surface area contributed by atoms with Crippen LogP contribution in [0.25, 0.3) is 10.9 Å². The molecule has 46 heavy (non-hydrogen) atoms. The molecule has 0 spiro atoms. The number of hydrogen-bond donors (Lipinski definition) is 2. The molecule has 0 saturated carbocycles. The Morgan fingerprint density at radius 3 is 2.41 bits per heavy atom. The van der Waals surface area contributed by atoms with Crippen molar-refractivity contribution in [1.82, 2.24) is 9.47 Å². The van der Waals surface area contributed by atoms with Crippen molar-refractivity contribution in [2.75, 3.05) is 26.7 Å². The number of aryl methyl sites for hydroxylation is 1. The van der Waals surface area contributed by atoms with E-state index in [-0.39, 0.29) is 54.3 Å². The summed E-state index contributed by atoms with van der Waals surface area (Å²) in [6.45, 7) is 1.69. The van der Waals surface area contributed by atoms with Crippen LogP contribution in [-0.2, 0) is 23.4 Å². The van der Waals surface area contributed by atoms with Crippen LogP contribution in [0.2, 0.25) is 0 Å². The normalized spacial score (nSPS) is 15.9. The molecule has 2 N–H and O–H groups in total. The zero-order valence-electron chi connectivity index (χ0n) is 25.3. The number of aromatic nitrogens is 1. The van der Waals surface area contributed by atoms with Crippen molar-refractivity contribution in [2.45, 2.75) is 50.6 Å². The first-order valence-electron chi connectivity index (χ1n) is 14.7. The van der Waals surface area contributed by atoms with Gasteiger partial charge in [0.15, 0.2) is 11.5 Å². The van der Waals surface area contributed by atoms with Gasteiger partial charge in [-0.3, -0.25) is 19.8 Å². The van der Waals surface area contributed by atoms with Crippen LogP contribution in [0.5, 0.6) is 11.5 Å². The third kappa shape index (κ3) is 6.80. The number of nitrogens with zero attached hydrogens (tertiary/aromatic N) is 3. The molecular formula is C33H34F3N3O7. The molecule has 0 amide bonds. The molecule has 1 fully saturated rings. The number of nitro groups is 1. The molecular weight excluding hydrogens is 607 g/mol. The number of carboxylic acids is 1. The minimum absolute atomic E-state index is 0.0793. The quantitative estimate of drug-likeness (QED) is 0.155. The molecule has 0 bridgehead atoms. The van der Waals surface area contributed by atoms with E-state index in [4.69, 9.17) is 14.6 Å². The van der Waals surface area contributed by atoms with Gasteiger partial charge in [0.2, 0.25) is 5.60 Å². The fourth-order valence-electron chi connectivity index (χ4n) is 5.94. The van der Waals surface area contributed by atoms with Gasteiger partial charge in [-0.1, -0.05) is 30.3 Å². The SMILES string of the molecule is COc1cc(CC(=O)O)ccc1OC1CCN(CC(O)(c2cn(Cc3ccccc3C)c3cc([N+](=O)[O-])ccc23)C(F)(F)F)CC1. The first kappa shape index (κ1) is 32.8. The summed E-state index contributed by atoms with van der Waals surface area (Å²) in [6, 6.07) is 15.8. The van der Waals surface area contributed by atoms with E-state index in [0.717, 1.165) is 17.2 Å². The van der Waals surface area contributed by atoms with Crippen LogP contribution in [0, 0.1) is 17.0 Å². The number of aliphatic hydroxyl groups is 1. The summed E-state index contributed by atoms with van der Waals surface area (Å²) in [5, 5.41) is 32.2. The molecule has 5 rings (SSSR count). The van der Waals surface area contributed by atoms with Gasteiger partial charge in [-0.25, -0.2) is 0 Å². The van der Waals surface area contributed by atoms with Crippen molar-refractivity contribution in [3.63, 3.8) is 0 Å². The number of rotatable bonds is 11. The Kier molecular flexibility index (Phi) is 9.27. The maximum atomic E-state index is 14.9. The summed E-state index contributed by atoms with van der Waals surface area (Å²) in [5.41, 5.74) is -1.44. The molecule has 0 radical (unpaired) electrons. The molecule has 1 saturated heterocycles. The molecule has 13 heteroatoms. The number of β-amino-alcohol motifs (C(OH)–C–C–N with tert-alkyl or cyclic N) is 1. The molecule has 1 aliphatic heterocycles. The highest BCUT2D eigenvalue weighted by molar-refractivity contribution is 5.87. The zero-order valence-corrected chi connectivity index (χ0v) is 25.3. The van der Waals surface area contributed by atoms with Crippen molar-refractivity contribution in [1.29, 1.82) is 0 Å². The smallest absolute Gasteiger partial charge is 0.422 e. The number of carbonyl (C=O) groups is 1. The second-order valence-corrected chi connectivity index (χ2v) is 11.6. The summed E-state index contributed by atoms with van der Waals surface area (Å²) in [6.07, 6.45) is -3.59. The lowest BCUT2D eigenvalue weighted by molar-refractivity contribution is -0.384. The molecule has 0 aliphatic carbocycles. The van der Waals surface area contributed by atoms with Gasteiger partial charge < -0.3 is 24.3 Å². The Morgan fingerprint density at radius 1 is 1.07 bits per heavy atom. The van der Waals surface area contributed by atoms with E-state index in [0.29, 0.717) is 29.9 Å². The van der Waals surface area contributed by atoms with E-state index < -0.39 is 29.2 Å². The number of piperidine rings is 1. The van der Waals surface area contributed by atoms with E-state index >= 15 is 0 Å². The van der Waals surface area contributed by atoms with E-state index in [1.807, 2.05) is 25.1 Å². The fraction of sp³-hybridized carbons (Fsp3) is 0.364. The van der Waals surface area contributed by atoms with Crippen LogP contribution < -0.4 is 9.47 Å². The lowest BCUT2D eigenvalue weighted by atomic mass is 9.91. The molecule has 10 nitrogen and oxygen atoms in total. The summed E-state index contributed by atoms with van der Waals surface area (Å²) in [7, 11) is 1.43. The molecule has 1 atom stereocenters. The maximum absolute atomic E-state index is 14.9. The lowest BCUT2D eigenvalue weighted by Gasteiger charge is -2.39. The average Bonchev–Trinajstić information content (AvgIpc) is 3.37. The minimum Gasteiger partial charge on any atom is -0.493 e. The third-order valence-electron chi connectivity index (χ3n) is 8.46. The average molecular weight is 642 g/mol. The molecule has 3 aromatic carbocycles. The number of methoxy groups -OCH3 is 1. The topological polar surface area (TPSA) is 127 Å². The Labute approximate surface area is 262 Å². The van der Waals surface area contributed by atoms with Crippen molar-refractivity contribution < 1.29 is 42.6 Å². The highest BCUT2D eigenvalue weighted by atomic mass is 19.4. The summed E-state index contributed by atoms with van der Waals surface area (Å²) in [4.78, 5) is 23.5. The number of hydrogen-bond acceptors (Lipinski definition) is 7. The van der Waals surface area contributed by atoms with Crippen molar-refractivity contribution in [3.8, 4) is 11.5 Å². The number of aliphatic carboxylic acids is 1. The molecule has 2 heterocycles. The van der Waals surface area contributed by atoms with Gasteiger partial charge in [-0.15, -0.1) is 0 Å². The number of likely N-dealkylation sites (tertiary alicyclic amines) is 1. The van der Waals surface area contributed by atoms with Crippen LogP contribution >= 0.6 is 0 Å². The standard InChI is InChI=1S/C33H34F3N3O7/c1-21-5-3-4-6-23(21)18-38-19-27(26-9-8-24(39(43)44)17-28(26)38)32(42,33(34,35)36)20-37-13-11-25(12-14-37)46-29-10-7-22(16-31(40)41)15-30(29)45-2/h3-10,15,17,19,25,42H,11-14,16,18,20H2,1-2H3,(H,40,41). The van der Waals surface area contributed by atoms with Crippen LogP contribution in [0.4, 0.5) is 18.9 Å². The van der Waals surface area contributed by atoms with Crippen LogP contribution in [0.1, 0.15) is 35.1 Å². The third-order valence-corrected chi connectivity index (χ3v) is 8.46. The fourth-order valence-corrected chi connectivity index (χ4v) is 5.94. The predicted molar refractivity (Wildman–Crippen MR) is 163 cm³/mol. The van der Waals surface area contributed by atoms with Crippen LogP contribution in [0.3, 0.4) is 0 Å². The van der Waals surface area contributed by atoms with Gasteiger partial charge in [0.25, 0.3) is 5.69 Å². The first-order chi connectivity index (χ1) is 21.8. The molecule has 1 unspecified atom stereocenters. The van der Waals surface area contributed by atoms with Gasteiger partial charge in [-0.05, 0) is 54.7 Å². The predicted octanol–water partition coefficient (Wildman–Crippen LogP) is 5.84. The highest BCUT2D eigenvalue weighted by Crippen LogP contribution is 2.44. The number of ether oxygens (including phenoxy) is 2. The Morgan fingerprint density at radius 2 is 1.78 bits per heavy atom. The van der Waals surface area contributed by atoms with Gasteiger partial charge >= 0.3 is 12.1 Å². The summed E-state index contributed by atoms with van der Waals surface area (Å²) < 4.78 is 57.6. The monoisotopic (exact) mass is 641 g/mol. The summed E-state index contributed by atoms with van der Waals surface area (Å²) in [5.74, 6) is -0.230. The number of nitro benzene ring substituents is 1. The largest absolute Gasteiger partial charge is 0.493 e. The summed E-state index contributed by atoms with van der Waals surface area (Å²) >= 11 is 0. The number of fused-ring (bicyclic) bond motifs is 1. The number of carboxylic acid groups (broad SMARTS) is 1. The van der Waals surface area contributed by atoms with Crippen LogP contribution in [-0.4, -0.2) is 69.6 Å². The van der Waals surface area contributed by atoms with E-state index in [1.54, 1.807) is 24.3 Å². The zero-order chi connectivity index (χ0) is 33.2. The maximum Gasteiger partial charge on any atom is 0.422 e. The van der Waals surface area contributed by atoms with Gasteiger partial charge in [0.05, 0.1) is 24.0 Å². The van der Waals surface area contributed by atoms with Crippen molar-refractivity contribution in [2.24, 2.45) is 0 Å². The minimum atomic E-state index is -5.06. The highest BCUT2D eigenvalue weighted by Gasteiger charge is 2.57. The number of alkyl halides is 3. The number of benzene rings is 3. The van der Waals surface area contributed by atoms with Crippen molar-refractivity contribution >= 4 is 22.6 Å². The van der Waals surface area contributed by atoms with E-state index in [9.17, 15) is 33.2 Å². The molecule has 1 aromatic heterocycles. The molecule has 4 aromatic rings. The number of non-ortho nitro benzene ring substituents is 1.